The molecule has 16 heavy (non-hydrogen) atoms. The van der Waals surface area contributed by atoms with E-state index in [0.29, 0.717) is 0 Å². The van der Waals surface area contributed by atoms with Crippen molar-refractivity contribution in [3.8, 4) is 11.8 Å². The Balaban J connectivity index is 0.00000225. The molecule has 1 rings (SSSR count). The van der Waals surface area contributed by atoms with E-state index in [9.17, 15) is 17.3 Å². The topological polar surface area (TPSA) is 33.0 Å². The van der Waals surface area contributed by atoms with Crippen molar-refractivity contribution in [2.45, 2.75) is 0 Å². The van der Waals surface area contributed by atoms with Crippen LogP contribution in [0.5, 0.6) is 5.75 Å². The summed E-state index contributed by atoms with van der Waals surface area (Å²) in [6.45, 7) is -6.49. The molecule has 1 aromatic rings. The van der Waals surface area contributed by atoms with Crippen molar-refractivity contribution < 1.29 is 73.5 Å². The van der Waals surface area contributed by atoms with E-state index in [0.717, 1.165) is 18.2 Å². The second-order valence-corrected chi connectivity index (χ2v) is 2.77. The molecule has 0 aliphatic heterocycles. The van der Waals surface area contributed by atoms with Crippen molar-refractivity contribution in [3.63, 3.8) is 0 Å². The molecule has 0 fully saturated rings. The number of ether oxygens (including phenoxy) is 1. The molecular weight excluding hydrogens is 252 g/mol. The van der Waals surface area contributed by atoms with Gasteiger partial charge in [0.05, 0.1) is 12.1 Å². The van der Waals surface area contributed by atoms with E-state index in [1.54, 1.807) is 6.07 Å². The van der Waals surface area contributed by atoms with Crippen LogP contribution < -0.4 is 56.1 Å². The zero-order chi connectivity index (χ0) is 11.5. The minimum atomic E-state index is -5.06. The SMILES string of the molecule is N#Cc1ccc(OC[B-](F)(F)F)cc1F.[K+]. The van der Waals surface area contributed by atoms with Crippen LogP contribution in [0.15, 0.2) is 18.2 Å². The normalized spacial score (nSPS) is 10.2. The molecule has 0 spiro atoms. The van der Waals surface area contributed by atoms with Gasteiger partial charge >= 0.3 is 58.4 Å². The molecule has 2 nitrogen and oxygen atoms in total. The molecule has 0 saturated carbocycles. The number of hydrogen-bond acceptors (Lipinski definition) is 2. The Labute approximate surface area is 132 Å². The van der Waals surface area contributed by atoms with Gasteiger partial charge in [0.2, 0.25) is 0 Å². The smallest absolute Gasteiger partial charge is 0.522 e. The van der Waals surface area contributed by atoms with Gasteiger partial charge in [-0.1, -0.05) is 0 Å². The molecule has 0 atom stereocenters. The molecule has 0 bridgehead atoms. The number of nitriles is 1. The standard InChI is InChI=1S/C8H5BF4NO.K/c10-8-3-7(2-1-6(8)4-14)15-5-9(11,12)13;/h1-3H,5H2;/q-1;+1. The van der Waals surface area contributed by atoms with Gasteiger partial charge in [-0.3, -0.25) is 0 Å². The summed E-state index contributed by atoms with van der Waals surface area (Å²) in [4.78, 5) is 0. The summed E-state index contributed by atoms with van der Waals surface area (Å²) in [5.41, 5.74) is -0.236. The molecule has 0 aliphatic carbocycles. The quantitative estimate of drug-likeness (QED) is 0.538. The summed E-state index contributed by atoms with van der Waals surface area (Å²) < 4.78 is 52.5. The van der Waals surface area contributed by atoms with E-state index in [-0.39, 0.29) is 62.7 Å². The summed E-state index contributed by atoms with van der Waals surface area (Å²) in [6.07, 6.45) is 0. The van der Waals surface area contributed by atoms with Crippen LogP contribution in [0.2, 0.25) is 0 Å². The van der Waals surface area contributed by atoms with Crippen LogP contribution in [0, 0.1) is 17.1 Å². The van der Waals surface area contributed by atoms with Gasteiger partial charge in [-0.15, -0.1) is 0 Å². The minimum Gasteiger partial charge on any atom is -0.522 e. The second-order valence-electron chi connectivity index (χ2n) is 2.77. The summed E-state index contributed by atoms with van der Waals surface area (Å²) in [6, 6.07) is 4.47. The molecule has 0 radical (unpaired) electrons. The van der Waals surface area contributed by atoms with E-state index in [1.165, 1.54) is 0 Å². The van der Waals surface area contributed by atoms with Crippen molar-refractivity contribution in [1.29, 1.82) is 5.26 Å². The fraction of sp³-hybridized carbons (Fsp3) is 0.125. The van der Waals surface area contributed by atoms with Gasteiger partial charge in [0, 0.05) is 6.07 Å². The first-order valence-electron chi connectivity index (χ1n) is 3.96. The van der Waals surface area contributed by atoms with Crippen LogP contribution in [-0.2, 0) is 0 Å². The van der Waals surface area contributed by atoms with Crippen LogP contribution >= 0.6 is 0 Å². The average Bonchev–Trinajstić information content (AvgIpc) is 2.14. The van der Waals surface area contributed by atoms with Crippen LogP contribution in [0.3, 0.4) is 0 Å². The largest absolute Gasteiger partial charge is 1.00 e. The molecule has 0 aromatic heterocycles. The van der Waals surface area contributed by atoms with Crippen LogP contribution in [-0.4, -0.2) is 13.5 Å². The van der Waals surface area contributed by atoms with Gasteiger partial charge in [-0.2, -0.15) is 5.26 Å². The van der Waals surface area contributed by atoms with Gasteiger partial charge in [-0.05, 0) is 12.1 Å². The molecule has 80 valence electrons. The van der Waals surface area contributed by atoms with Gasteiger partial charge < -0.3 is 17.7 Å². The predicted octanol–water partition coefficient (Wildman–Crippen LogP) is -0.533. The van der Waals surface area contributed by atoms with Gasteiger partial charge in [0.1, 0.15) is 17.6 Å². The Hall–Kier alpha value is -0.0687. The van der Waals surface area contributed by atoms with E-state index >= 15 is 0 Å². The number of rotatable bonds is 3. The summed E-state index contributed by atoms with van der Waals surface area (Å²) in [5, 5.41) is 8.36. The summed E-state index contributed by atoms with van der Waals surface area (Å²) in [7, 11) is 0. The molecule has 0 N–H and O–H groups in total. The van der Waals surface area contributed by atoms with Gasteiger partial charge in [0.25, 0.3) is 0 Å². The fourth-order valence-electron chi connectivity index (χ4n) is 0.867. The van der Waals surface area contributed by atoms with Crippen molar-refractivity contribution in [3.05, 3.63) is 29.6 Å². The molecule has 0 aliphatic rings. The third-order valence-corrected chi connectivity index (χ3v) is 1.50. The Morgan fingerprint density at radius 1 is 1.31 bits per heavy atom. The molecule has 0 heterocycles. The number of hydrogen-bond donors (Lipinski definition) is 0. The maximum absolute atomic E-state index is 12.9. The van der Waals surface area contributed by atoms with Gasteiger partial charge in [-0.25, -0.2) is 4.39 Å². The maximum atomic E-state index is 12.9. The molecule has 0 unspecified atom stereocenters. The second kappa shape index (κ2) is 6.61. The van der Waals surface area contributed by atoms with E-state index in [4.69, 9.17) is 5.26 Å². The molecule has 1 aromatic carbocycles. The minimum absolute atomic E-state index is 0. The van der Waals surface area contributed by atoms with Crippen LogP contribution in [0.1, 0.15) is 5.56 Å². The third-order valence-electron chi connectivity index (χ3n) is 1.50. The summed E-state index contributed by atoms with van der Waals surface area (Å²) in [5.74, 6) is -1.14. The Bertz CT molecular complexity index is 404. The number of nitrogens with zero attached hydrogens (tertiary/aromatic N) is 1. The van der Waals surface area contributed by atoms with Crippen molar-refractivity contribution in [1.82, 2.24) is 0 Å². The molecule has 8 heteroatoms. The average molecular weight is 257 g/mol. The van der Waals surface area contributed by atoms with E-state index in [2.05, 4.69) is 4.74 Å². The number of benzene rings is 1. The van der Waals surface area contributed by atoms with Crippen LogP contribution in [0.4, 0.5) is 17.3 Å². The van der Waals surface area contributed by atoms with Gasteiger partial charge in [0.15, 0.2) is 0 Å². The Morgan fingerprint density at radius 2 is 1.94 bits per heavy atom. The molecular formula is C8H5BF4KNO. The third kappa shape index (κ3) is 5.32. The Kier molecular flexibility index (Phi) is 6.59. The predicted molar refractivity (Wildman–Crippen MR) is 45.7 cm³/mol. The monoisotopic (exact) mass is 257 g/mol. The van der Waals surface area contributed by atoms with Crippen molar-refractivity contribution >= 4 is 6.98 Å². The van der Waals surface area contributed by atoms with Crippen molar-refractivity contribution in [2.24, 2.45) is 0 Å². The fourth-order valence-corrected chi connectivity index (χ4v) is 0.867. The first kappa shape index (κ1) is 15.9. The summed E-state index contributed by atoms with van der Waals surface area (Å²) >= 11 is 0. The number of halogens is 4. The first-order valence-corrected chi connectivity index (χ1v) is 3.96. The molecule has 0 amide bonds. The zero-order valence-electron chi connectivity index (χ0n) is 8.38. The Morgan fingerprint density at radius 3 is 2.38 bits per heavy atom. The van der Waals surface area contributed by atoms with E-state index < -0.39 is 19.3 Å². The van der Waals surface area contributed by atoms with Crippen molar-refractivity contribution in [2.75, 3.05) is 6.51 Å². The van der Waals surface area contributed by atoms with E-state index in [1.807, 2.05) is 0 Å². The first-order chi connectivity index (χ1) is 6.92. The molecule has 0 saturated heterocycles. The van der Waals surface area contributed by atoms with Crippen LogP contribution in [0.25, 0.3) is 0 Å². The maximum Gasteiger partial charge on any atom is 1.00 e. The zero-order valence-corrected chi connectivity index (χ0v) is 11.5.